The minimum atomic E-state index is -0.192. The molecule has 6 heteroatoms. The first-order chi connectivity index (χ1) is 14.0. The third-order valence-electron chi connectivity index (χ3n) is 4.85. The summed E-state index contributed by atoms with van der Waals surface area (Å²) in [5.41, 5.74) is 5.25. The number of methoxy groups -OCH3 is 1. The quantitative estimate of drug-likeness (QED) is 0.636. The molecule has 1 aromatic heterocycles. The molecule has 0 saturated heterocycles. The highest BCUT2D eigenvalue weighted by atomic mass is 16.5. The Morgan fingerprint density at radius 3 is 2.55 bits per heavy atom. The van der Waals surface area contributed by atoms with E-state index in [4.69, 9.17) is 9.47 Å². The number of aromatic nitrogens is 2. The van der Waals surface area contributed by atoms with Crippen LogP contribution in [0.15, 0.2) is 48.5 Å². The van der Waals surface area contributed by atoms with Gasteiger partial charge in [-0.1, -0.05) is 36.4 Å². The molecule has 1 heterocycles. The van der Waals surface area contributed by atoms with E-state index in [9.17, 15) is 4.79 Å². The average molecular weight is 393 g/mol. The highest BCUT2D eigenvalue weighted by molar-refractivity contribution is 5.77. The number of carbonyl (C=O) groups excluding carboxylic acids is 1. The van der Waals surface area contributed by atoms with Crippen molar-refractivity contribution in [2.75, 3.05) is 13.7 Å². The number of carbonyl (C=O) groups is 1. The van der Waals surface area contributed by atoms with E-state index in [1.807, 2.05) is 61.9 Å². The number of aryl methyl sites for hydroxylation is 2. The van der Waals surface area contributed by atoms with Gasteiger partial charge >= 0.3 is 0 Å². The van der Waals surface area contributed by atoms with Crippen LogP contribution in [0.3, 0.4) is 0 Å². The van der Waals surface area contributed by atoms with Crippen LogP contribution >= 0.6 is 0 Å². The fourth-order valence-corrected chi connectivity index (χ4v) is 3.18. The molecule has 29 heavy (non-hydrogen) atoms. The molecule has 6 nitrogen and oxygen atoms in total. The van der Waals surface area contributed by atoms with Gasteiger partial charge in [-0.2, -0.15) is 5.10 Å². The third kappa shape index (κ3) is 5.16. The molecule has 152 valence electrons. The van der Waals surface area contributed by atoms with Gasteiger partial charge in [-0.05, 0) is 44.0 Å². The van der Waals surface area contributed by atoms with Crippen LogP contribution in [0.4, 0.5) is 0 Å². The molecule has 3 rings (SSSR count). The molecule has 0 fully saturated rings. The van der Waals surface area contributed by atoms with Gasteiger partial charge in [0.15, 0.2) is 18.1 Å². The number of nitrogens with one attached hydrogen (secondary N) is 1. The number of benzene rings is 2. The molecular weight excluding hydrogens is 366 g/mol. The lowest BCUT2D eigenvalue weighted by atomic mass is 10.2. The highest BCUT2D eigenvalue weighted by Crippen LogP contribution is 2.27. The van der Waals surface area contributed by atoms with Crippen LogP contribution in [0.1, 0.15) is 28.1 Å². The lowest BCUT2D eigenvalue weighted by Gasteiger charge is -2.11. The van der Waals surface area contributed by atoms with E-state index in [-0.39, 0.29) is 12.5 Å². The van der Waals surface area contributed by atoms with Crippen molar-refractivity contribution in [3.05, 3.63) is 76.6 Å². The van der Waals surface area contributed by atoms with Gasteiger partial charge in [0.2, 0.25) is 0 Å². The molecule has 3 aromatic rings. The zero-order valence-corrected chi connectivity index (χ0v) is 17.4. The smallest absolute Gasteiger partial charge is 0.258 e. The number of nitrogens with zero attached hydrogens (tertiary/aromatic N) is 2. The maximum Gasteiger partial charge on any atom is 0.258 e. The molecule has 0 aliphatic heterocycles. The Morgan fingerprint density at radius 2 is 1.83 bits per heavy atom. The Balaban J connectivity index is 1.58. The zero-order chi connectivity index (χ0) is 20.8. The summed E-state index contributed by atoms with van der Waals surface area (Å²) in [6, 6.07) is 15.8. The minimum Gasteiger partial charge on any atom is -0.493 e. The van der Waals surface area contributed by atoms with Crippen LogP contribution in [0.25, 0.3) is 0 Å². The second-order valence-electron chi connectivity index (χ2n) is 7.01. The second kappa shape index (κ2) is 9.28. The summed E-state index contributed by atoms with van der Waals surface area (Å²) in [5, 5.41) is 7.54. The average Bonchev–Trinajstić information content (AvgIpc) is 2.98. The summed E-state index contributed by atoms with van der Waals surface area (Å²) >= 11 is 0. The van der Waals surface area contributed by atoms with Gasteiger partial charge in [0, 0.05) is 17.8 Å². The molecule has 1 N–H and O–H groups in total. The van der Waals surface area contributed by atoms with Gasteiger partial charge in [-0.25, -0.2) is 0 Å². The first-order valence-electron chi connectivity index (χ1n) is 9.59. The lowest BCUT2D eigenvalue weighted by molar-refractivity contribution is -0.123. The summed E-state index contributed by atoms with van der Waals surface area (Å²) in [6.07, 6.45) is 0. The van der Waals surface area contributed by atoms with Gasteiger partial charge in [0.05, 0.1) is 19.3 Å². The zero-order valence-electron chi connectivity index (χ0n) is 17.4. The Bertz CT molecular complexity index is 981. The largest absolute Gasteiger partial charge is 0.493 e. The van der Waals surface area contributed by atoms with Crippen LogP contribution in [0.2, 0.25) is 0 Å². The van der Waals surface area contributed by atoms with E-state index in [1.165, 1.54) is 5.56 Å². The maximum atomic E-state index is 12.3. The molecular formula is C23H27N3O3. The fourth-order valence-electron chi connectivity index (χ4n) is 3.18. The van der Waals surface area contributed by atoms with E-state index < -0.39 is 0 Å². The molecule has 0 atom stereocenters. The van der Waals surface area contributed by atoms with E-state index in [0.717, 1.165) is 22.5 Å². The second-order valence-corrected chi connectivity index (χ2v) is 7.01. The standard InChI is InChI=1S/C23H27N3O3/c1-16-10-11-21(22(12-16)28-4)29-15-23(27)24-13-20-17(2)25-26(18(20)3)14-19-8-6-5-7-9-19/h5-12H,13-15H2,1-4H3,(H,24,27). The van der Waals surface area contributed by atoms with Gasteiger partial charge in [-0.3, -0.25) is 9.48 Å². The number of hydrogen-bond donors (Lipinski definition) is 1. The van der Waals surface area contributed by atoms with Crippen molar-refractivity contribution in [2.24, 2.45) is 0 Å². The molecule has 0 saturated carbocycles. The van der Waals surface area contributed by atoms with Gasteiger partial charge in [0.1, 0.15) is 0 Å². The Hall–Kier alpha value is -3.28. The summed E-state index contributed by atoms with van der Waals surface area (Å²) in [4.78, 5) is 12.3. The maximum absolute atomic E-state index is 12.3. The summed E-state index contributed by atoms with van der Waals surface area (Å²) in [6.45, 7) is 7.01. The van der Waals surface area contributed by atoms with Gasteiger partial charge in [-0.15, -0.1) is 0 Å². The van der Waals surface area contributed by atoms with Crippen molar-refractivity contribution < 1.29 is 14.3 Å². The van der Waals surface area contributed by atoms with Crippen molar-refractivity contribution in [3.8, 4) is 11.5 Å². The number of amides is 1. The topological polar surface area (TPSA) is 65.4 Å². The normalized spacial score (nSPS) is 10.6. The van der Waals surface area contributed by atoms with Crippen LogP contribution in [-0.2, 0) is 17.9 Å². The minimum absolute atomic E-state index is 0.0737. The van der Waals surface area contributed by atoms with Crippen molar-refractivity contribution in [1.29, 1.82) is 0 Å². The highest BCUT2D eigenvalue weighted by Gasteiger charge is 2.14. The Kier molecular flexibility index (Phi) is 6.54. The lowest BCUT2D eigenvalue weighted by Crippen LogP contribution is -2.28. The molecule has 0 unspecified atom stereocenters. The van der Waals surface area contributed by atoms with Crippen molar-refractivity contribution in [1.82, 2.24) is 15.1 Å². The predicted octanol–water partition coefficient (Wildman–Crippen LogP) is 3.56. The molecule has 0 aliphatic carbocycles. The third-order valence-corrected chi connectivity index (χ3v) is 4.85. The predicted molar refractivity (Wildman–Crippen MR) is 112 cm³/mol. The van der Waals surface area contributed by atoms with E-state index in [1.54, 1.807) is 7.11 Å². The Morgan fingerprint density at radius 1 is 1.07 bits per heavy atom. The van der Waals surface area contributed by atoms with Crippen LogP contribution in [-0.4, -0.2) is 29.4 Å². The molecule has 2 aromatic carbocycles. The molecule has 0 spiro atoms. The molecule has 1 amide bonds. The van der Waals surface area contributed by atoms with Crippen LogP contribution < -0.4 is 14.8 Å². The van der Waals surface area contributed by atoms with E-state index in [2.05, 4.69) is 22.5 Å². The van der Waals surface area contributed by atoms with E-state index >= 15 is 0 Å². The van der Waals surface area contributed by atoms with E-state index in [0.29, 0.717) is 24.6 Å². The summed E-state index contributed by atoms with van der Waals surface area (Å²) in [5.74, 6) is 0.977. The molecule has 0 bridgehead atoms. The molecule has 0 aliphatic rings. The van der Waals surface area contributed by atoms with Crippen molar-refractivity contribution >= 4 is 5.91 Å². The fraction of sp³-hybridized carbons (Fsp3) is 0.304. The van der Waals surface area contributed by atoms with Gasteiger partial charge in [0.25, 0.3) is 5.91 Å². The number of hydrogen-bond acceptors (Lipinski definition) is 4. The number of rotatable bonds is 8. The van der Waals surface area contributed by atoms with Crippen molar-refractivity contribution in [2.45, 2.75) is 33.9 Å². The van der Waals surface area contributed by atoms with Crippen LogP contribution in [0, 0.1) is 20.8 Å². The SMILES string of the molecule is COc1cc(C)ccc1OCC(=O)NCc1c(C)nn(Cc2ccccc2)c1C. The van der Waals surface area contributed by atoms with Gasteiger partial charge < -0.3 is 14.8 Å². The van der Waals surface area contributed by atoms with Crippen LogP contribution in [0.5, 0.6) is 11.5 Å². The van der Waals surface area contributed by atoms with Crippen molar-refractivity contribution in [3.63, 3.8) is 0 Å². The molecule has 0 radical (unpaired) electrons. The first kappa shape index (κ1) is 20.5. The monoisotopic (exact) mass is 393 g/mol. The Labute approximate surface area is 171 Å². The summed E-state index contributed by atoms with van der Waals surface area (Å²) < 4.78 is 12.9. The first-order valence-corrected chi connectivity index (χ1v) is 9.59. The summed E-state index contributed by atoms with van der Waals surface area (Å²) in [7, 11) is 1.58. The number of ether oxygens (including phenoxy) is 2.